The first-order chi connectivity index (χ1) is 10.3. The van der Waals surface area contributed by atoms with Gasteiger partial charge in [0.15, 0.2) is 5.75 Å². The standard InChI is InChI=1S/C13H18N2O6S/c1-5-20-13(16)9(2)14-15-11-7-6-10(19-3)8-12(11)21-22(4,17)18/h6-8,15H,5H2,1-4H3/b14-9+. The molecule has 8 nitrogen and oxygen atoms in total. The Morgan fingerprint density at radius 3 is 2.59 bits per heavy atom. The molecule has 122 valence electrons. The van der Waals surface area contributed by atoms with Crippen molar-refractivity contribution in [2.75, 3.05) is 25.4 Å². The van der Waals surface area contributed by atoms with E-state index in [4.69, 9.17) is 13.7 Å². The first-order valence-electron chi connectivity index (χ1n) is 6.31. The van der Waals surface area contributed by atoms with Crippen molar-refractivity contribution in [2.45, 2.75) is 13.8 Å². The molecular formula is C13H18N2O6S. The van der Waals surface area contributed by atoms with E-state index in [0.717, 1.165) is 6.26 Å². The highest BCUT2D eigenvalue weighted by Crippen LogP contribution is 2.30. The van der Waals surface area contributed by atoms with Crippen molar-refractivity contribution < 1.29 is 26.9 Å². The molecule has 9 heteroatoms. The van der Waals surface area contributed by atoms with Gasteiger partial charge in [0, 0.05) is 6.07 Å². The number of anilines is 1. The minimum absolute atomic E-state index is 0.00209. The van der Waals surface area contributed by atoms with Gasteiger partial charge in [0.1, 0.15) is 17.1 Å². The summed E-state index contributed by atoms with van der Waals surface area (Å²) in [6.45, 7) is 3.38. The maximum absolute atomic E-state index is 11.4. The van der Waals surface area contributed by atoms with E-state index < -0.39 is 16.1 Å². The van der Waals surface area contributed by atoms with Crippen LogP contribution < -0.4 is 14.3 Å². The number of methoxy groups -OCH3 is 1. The van der Waals surface area contributed by atoms with Crippen LogP contribution in [0.15, 0.2) is 23.3 Å². The number of benzene rings is 1. The molecule has 1 rings (SSSR count). The van der Waals surface area contributed by atoms with Gasteiger partial charge >= 0.3 is 16.1 Å². The second-order valence-electron chi connectivity index (χ2n) is 4.18. The minimum Gasteiger partial charge on any atom is -0.497 e. The van der Waals surface area contributed by atoms with Crippen molar-refractivity contribution in [1.82, 2.24) is 0 Å². The van der Waals surface area contributed by atoms with Gasteiger partial charge in [-0.2, -0.15) is 13.5 Å². The fraction of sp³-hybridized carbons (Fsp3) is 0.385. The van der Waals surface area contributed by atoms with E-state index in [1.54, 1.807) is 13.0 Å². The van der Waals surface area contributed by atoms with Crippen LogP contribution in [0.4, 0.5) is 5.69 Å². The zero-order valence-electron chi connectivity index (χ0n) is 12.7. The number of esters is 1. The number of nitrogens with zero attached hydrogens (tertiary/aromatic N) is 1. The smallest absolute Gasteiger partial charge is 0.354 e. The Morgan fingerprint density at radius 1 is 1.36 bits per heavy atom. The quantitative estimate of drug-likeness (QED) is 0.349. The Bertz CT molecular complexity index is 669. The monoisotopic (exact) mass is 330 g/mol. The van der Waals surface area contributed by atoms with Crippen LogP contribution in [-0.4, -0.2) is 40.1 Å². The van der Waals surface area contributed by atoms with Gasteiger partial charge in [-0.3, -0.25) is 5.43 Å². The van der Waals surface area contributed by atoms with Gasteiger partial charge in [-0.25, -0.2) is 4.79 Å². The third-order valence-corrected chi connectivity index (χ3v) is 2.83. The van der Waals surface area contributed by atoms with Crippen molar-refractivity contribution in [3.63, 3.8) is 0 Å². The second kappa shape index (κ2) is 7.64. The molecule has 0 aliphatic rings. The summed E-state index contributed by atoms with van der Waals surface area (Å²) in [5, 5.41) is 3.84. The summed E-state index contributed by atoms with van der Waals surface area (Å²) < 4.78 is 37.2. The molecule has 0 saturated carbocycles. The van der Waals surface area contributed by atoms with E-state index >= 15 is 0 Å². The lowest BCUT2D eigenvalue weighted by molar-refractivity contribution is -0.135. The summed E-state index contributed by atoms with van der Waals surface area (Å²) in [6.07, 6.45) is 0.920. The molecule has 0 unspecified atom stereocenters. The number of ether oxygens (including phenoxy) is 2. The summed E-state index contributed by atoms with van der Waals surface area (Å²) in [5.41, 5.74) is 2.91. The molecule has 0 saturated heterocycles. The lowest BCUT2D eigenvalue weighted by Crippen LogP contribution is -2.15. The molecule has 0 aliphatic heterocycles. The number of rotatable bonds is 7. The normalized spacial score (nSPS) is 11.7. The molecule has 22 heavy (non-hydrogen) atoms. The lowest BCUT2D eigenvalue weighted by atomic mass is 10.3. The van der Waals surface area contributed by atoms with Crippen LogP contribution in [-0.2, 0) is 19.6 Å². The van der Waals surface area contributed by atoms with Crippen LogP contribution in [0.25, 0.3) is 0 Å². The molecule has 0 bridgehead atoms. The third kappa shape index (κ3) is 5.60. The molecule has 0 heterocycles. The van der Waals surface area contributed by atoms with Gasteiger partial charge in [-0.05, 0) is 26.0 Å². The van der Waals surface area contributed by atoms with E-state index in [9.17, 15) is 13.2 Å². The first-order valence-corrected chi connectivity index (χ1v) is 8.13. The predicted molar refractivity (Wildman–Crippen MR) is 81.8 cm³/mol. The van der Waals surface area contributed by atoms with Gasteiger partial charge in [-0.15, -0.1) is 0 Å². The van der Waals surface area contributed by atoms with Crippen molar-refractivity contribution in [3.8, 4) is 11.5 Å². The molecule has 1 N–H and O–H groups in total. The van der Waals surface area contributed by atoms with Gasteiger partial charge in [0.05, 0.1) is 20.0 Å². The molecule has 0 atom stereocenters. The number of hydrazone groups is 1. The third-order valence-electron chi connectivity index (χ3n) is 2.34. The molecule has 0 fully saturated rings. The summed E-state index contributed by atoms with van der Waals surface area (Å²) in [6, 6.07) is 4.49. The topological polar surface area (TPSA) is 103 Å². The van der Waals surface area contributed by atoms with Gasteiger partial charge < -0.3 is 13.7 Å². The van der Waals surface area contributed by atoms with Crippen LogP contribution >= 0.6 is 0 Å². The Kier molecular flexibility index (Phi) is 6.17. The summed E-state index contributed by atoms with van der Waals surface area (Å²) in [5.74, 6) is -0.161. The zero-order valence-corrected chi connectivity index (χ0v) is 13.6. The van der Waals surface area contributed by atoms with Gasteiger partial charge in [-0.1, -0.05) is 0 Å². The van der Waals surface area contributed by atoms with Crippen LogP contribution in [0.1, 0.15) is 13.8 Å². The second-order valence-corrected chi connectivity index (χ2v) is 5.75. The summed E-state index contributed by atoms with van der Waals surface area (Å²) in [4.78, 5) is 11.4. The highest BCUT2D eigenvalue weighted by atomic mass is 32.2. The lowest BCUT2D eigenvalue weighted by Gasteiger charge is -2.11. The number of carbonyl (C=O) groups excluding carboxylic acids is 1. The summed E-state index contributed by atoms with van der Waals surface area (Å²) in [7, 11) is -2.28. The van der Waals surface area contributed by atoms with Crippen molar-refractivity contribution >= 4 is 27.5 Å². The Balaban J connectivity index is 3.03. The maximum atomic E-state index is 11.4. The molecule has 1 aromatic carbocycles. The van der Waals surface area contributed by atoms with Gasteiger partial charge in [0.2, 0.25) is 0 Å². The highest BCUT2D eigenvalue weighted by Gasteiger charge is 2.12. The van der Waals surface area contributed by atoms with E-state index in [1.807, 2.05) is 0 Å². The Hall–Kier alpha value is -2.29. The Morgan fingerprint density at radius 2 is 2.05 bits per heavy atom. The van der Waals surface area contributed by atoms with E-state index in [-0.39, 0.29) is 23.8 Å². The van der Waals surface area contributed by atoms with Crippen molar-refractivity contribution in [1.29, 1.82) is 0 Å². The molecule has 0 aliphatic carbocycles. The zero-order chi connectivity index (χ0) is 16.8. The number of nitrogens with one attached hydrogen (secondary N) is 1. The molecule has 1 aromatic rings. The Labute approximate surface area is 129 Å². The summed E-state index contributed by atoms with van der Waals surface area (Å²) >= 11 is 0. The van der Waals surface area contributed by atoms with Crippen LogP contribution in [0, 0.1) is 0 Å². The van der Waals surface area contributed by atoms with Crippen molar-refractivity contribution in [2.24, 2.45) is 5.10 Å². The first kappa shape index (κ1) is 17.8. The fourth-order valence-corrected chi connectivity index (χ4v) is 1.84. The largest absolute Gasteiger partial charge is 0.497 e. The molecule has 0 radical (unpaired) electrons. The van der Waals surface area contributed by atoms with Crippen LogP contribution in [0.2, 0.25) is 0 Å². The van der Waals surface area contributed by atoms with E-state index in [0.29, 0.717) is 5.75 Å². The van der Waals surface area contributed by atoms with E-state index in [1.165, 1.54) is 26.2 Å². The molecule has 0 amide bonds. The van der Waals surface area contributed by atoms with Crippen molar-refractivity contribution in [3.05, 3.63) is 18.2 Å². The average molecular weight is 330 g/mol. The number of hydrogen-bond acceptors (Lipinski definition) is 8. The van der Waals surface area contributed by atoms with Crippen LogP contribution in [0.5, 0.6) is 11.5 Å². The number of hydrogen-bond donors (Lipinski definition) is 1. The SMILES string of the molecule is CCOC(=O)/C(C)=N/Nc1ccc(OC)cc1OS(C)(=O)=O. The highest BCUT2D eigenvalue weighted by molar-refractivity contribution is 7.86. The van der Waals surface area contributed by atoms with E-state index in [2.05, 4.69) is 10.5 Å². The van der Waals surface area contributed by atoms with Crippen LogP contribution in [0.3, 0.4) is 0 Å². The minimum atomic E-state index is -3.72. The molecule has 0 aromatic heterocycles. The number of carbonyl (C=O) groups is 1. The predicted octanol–water partition coefficient (Wildman–Crippen LogP) is 1.38. The molecule has 0 spiro atoms. The average Bonchev–Trinajstić information content (AvgIpc) is 2.44. The fourth-order valence-electron chi connectivity index (χ4n) is 1.38. The maximum Gasteiger partial charge on any atom is 0.354 e. The van der Waals surface area contributed by atoms with Gasteiger partial charge in [0.25, 0.3) is 0 Å². The molecular weight excluding hydrogens is 312 g/mol.